The van der Waals surface area contributed by atoms with Crippen LogP contribution in [0.5, 0.6) is 0 Å². The van der Waals surface area contributed by atoms with E-state index in [4.69, 9.17) is 4.74 Å². The number of hydrogen-bond donors (Lipinski definition) is 1. The van der Waals surface area contributed by atoms with Crippen LogP contribution in [0.25, 0.3) is 0 Å². The van der Waals surface area contributed by atoms with Crippen molar-refractivity contribution >= 4 is 0 Å². The Morgan fingerprint density at radius 2 is 1.93 bits per heavy atom. The van der Waals surface area contributed by atoms with Gasteiger partial charge in [0.1, 0.15) is 0 Å². The van der Waals surface area contributed by atoms with Gasteiger partial charge in [-0.3, -0.25) is 0 Å². The first kappa shape index (κ1) is 11.2. The number of aliphatic hydroxyl groups is 1. The lowest BCUT2D eigenvalue weighted by Gasteiger charge is -2.44. The maximum atomic E-state index is 12.6. The monoisotopic (exact) mass is 224 g/mol. The Hall–Kier alpha value is -0.290. The first-order chi connectivity index (χ1) is 6.92. The molecule has 1 aliphatic heterocycles. The zero-order chi connectivity index (χ0) is 11.1. The Kier molecular flexibility index (Phi) is 2.71. The van der Waals surface area contributed by atoms with Gasteiger partial charge in [0.25, 0.3) is 0 Å². The third kappa shape index (κ3) is 1.99. The zero-order valence-corrected chi connectivity index (χ0v) is 8.39. The SMILES string of the molecule is OC1(C(F)(F)F)CCC2COCCC2C1. The maximum absolute atomic E-state index is 12.6. The molecule has 0 radical (unpaired) electrons. The van der Waals surface area contributed by atoms with Crippen LogP contribution in [-0.4, -0.2) is 30.1 Å². The van der Waals surface area contributed by atoms with Crippen molar-refractivity contribution in [2.45, 2.75) is 37.5 Å². The van der Waals surface area contributed by atoms with Gasteiger partial charge in [0, 0.05) is 13.2 Å². The smallest absolute Gasteiger partial charge is 0.381 e. The summed E-state index contributed by atoms with van der Waals surface area (Å²) < 4.78 is 43.0. The summed E-state index contributed by atoms with van der Waals surface area (Å²) in [6.45, 7) is 1.08. The van der Waals surface area contributed by atoms with E-state index >= 15 is 0 Å². The van der Waals surface area contributed by atoms with Gasteiger partial charge < -0.3 is 9.84 Å². The summed E-state index contributed by atoms with van der Waals surface area (Å²) in [5.74, 6) is 0.181. The summed E-state index contributed by atoms with van der Waals surface area (Å²) >= 11 is 0. The van der Waals surface area contributed by atoms with E-state index < -0.39 is 11.8 Å². The normalized spacial score (nSPS) is 42.4. The molecule has 2 rings (SSSR count). The average Bonchev–Trinajstić information content (AvgIpc) is 2.16. The van der Waals surface area contributed by atoms with Gasteiger partial charge in [0.05, 0.1) is 0 Å². The van der Waals surface area contributed by atoms with Crippen molar-refractivity contribution in [2.24, 2.45) is 11.8 Å². The molecule has 15 heavy (non-hydrogen) atoms. The van der Waals surface area contributed by atoms with E-state index in [1.54, 1.807) is 0 Å². The lowest BCUT2D eigenvalue weighted by atomic mass is 9.69. The second-order valence-corrected chi connectivity index (χ2v) is 4.66. The lowest BCUT2D eigenvalue weighted by Crippen LogP contribution is -2.52. The van der Waals surface area contributed by atoms with Gasteiger partial charge >= 0.3 is 6.18 Å². The van der Waals surface area contributed by atoms with Crippen molar-refractivity contribution in [3.05, 3.63) is 0 Å². The van der Waals surface area contributed by atoms with Gasteiger partial charge in [0.15, 0.2) is 5.60 Å². The highest BCUT2D eigenvalue weighted by molar-refractivity contribution is 4.95. The largest absolute Gasteiger partial charge is 0.417 e. The highest BCUT2D eigenvalue weighted by atomic mass is 19.4. The molecule has 3 unspecified atom stereocenters. The third-order valence-corrected chi connectivity index (χ3v) is 3.69. The van der Waals surface area contributed by atoms with Crippen molar-refractivity contribution in [2.75, 3.05) is 13.2 Å². The number of ether oxygens (including phenoxy) is 1. The molecule has 1 N–H and O–H groups in total. The van der Waals surface area contributed by atoms with Crippen LogP contribution in [0.4, 0.5) is 13.2 Å². The van der Waals surface area contributed by atoms with Crippen LogP contribution in [0.3, 0.4) is 0 Å². The van der Waals surface area contributed by atoms with Crippen molar-refractivity contribution in [1.29, 1.82) is 0 Å². The van der Waals surface area contributed by atoms with Crippen molar-refractivity contribution < 1.29 is 23.0 Å². The summed E-state index contributed by atoms with van der Waals surface area (Å²) in [6, 6.07) is 0. The van der Waals surface area contributed by atoms with Crippen molar-refractivity contribution in [3.63, 3.8) is 0 Å². The highest BCUT2D eigenvalue weighted by Crippen LogP contribution is 2.47. The quantitative estimate of drug-likeness (QED) is 0.683. The second kappa shape index (κ2) is 3.63. The molecule has 0 spiro atoms. The van der Waals surface area contributed by atoms with Crippen molar-refractivity contribution in [1.82, 2.24) is 0 Å². The molecule has 1 heterocycles. The van der Waals surface area contributed by atoms with Gasteiger partial charge in [-0.05, 0) is 37.5 Å². The van der Waals surface area contributed by atoms with Crippen LogP contribution in [0.1, 0.15) is 25.7 Å². The molecule has 2 nitrogen and oxygen atoms in total. The zero-order valence-electron chi connectivity index (χ0n) is 8.39. The Bertz CT molecular complexity index is 241. The summed E-state index contributed by atoms with van der Waals surface area (Å²) in [5, 5.41) is 9.58. The van der Waals surface area contributed by atoms with E-state index in [-0.39, 0.29) is 24.7 Å². The van der Waals surface area contributed by atoms with Crippen LogP contribution < -0.4 is 0 Å². The van der Waals surface area contributed by atoms with Crippen molar-refractivity contribution in [3.8, 4) is 0 Å². The third-order valence-electron chi connectivity index (χ3n) is 3.69. The number of rotatable bonds is 0. The van der Waals surface area contributed by atoms with E-state index in [1.165, 1.54) is 0 Å². The fourth-order valence-electron chi connectivity index (χ4n) is 2.65. The predicted molar refractivity (Wildman–Crippen MR) is 47.3 cm³/mol. The highest BCUT2D eigenvalue weighted by Gasteiger charge is 2.57. The molecule has 88 valence electrons. The fraction of sp³-hybridized carbons (Fsp3) is 1.00. The molecule has 0 aromatic rings. The molecule has 1 saturated heterocycles. The first-order valence-corrected chi connectivity index (χ1v) is 5.29. The molecule has 1 aliphatic carbocycles. The first-order valence-electron chi connectivity index (χ1n) is 5.29. The molecular formula is C10H15F3O2. The molecule has 0 bridgehead atoms. The van der Waals surface area contributed by atoms with Gasteiger partial charge in [-0.25, -0.2) is 0 Å². The molecule has 2 aliphatic rings. The standard InChI is InChI=1S/C10H15F3O2/c11-10(12,13)9(14)3-1-8-6-15-4-2-7(8)5-9/h7-8,14H,1-6H2. The van der Waals surface area contributed by atoms with E-state index in [2.05, 4.69) is 0 Å². The summed E-state index contributed by atoms with van der Waals surface area (Å²) in [6.07, 6.45) is -3.76. The Morgan fingerprint density at radius 3 is 2.60 bits per heavy atom. The molecule has 2 fully saturated rings. The fourth-order valence-corrected chi connectivity index (χ4v) is 2.65. The Labute approximate surface area is 86.4 Å². The minimum atomic E-state index is -4.49. The van der Waals surface area contributed by atoms with Crippen LogP contribution in [0.2, 0.25) is 0 Å². The van der Waals surface area contributed by atoms with Crippen LogP contribution in [0, 0.1) is 11.8 Å². The van der Waals surface area contributed by atoms with E-state index in [0.29, 0.717) is 26.1 Å². The number of halogens is 3. The van der Waals surface area contributed by atoms with Crippen LogP contribution in [-0.2, 0) is 4.74 Å². The number of hydrogen-bond acceptors (Lipinski definition) is 2. The maximum Gasteiger partial charge on any atom is 0.417 e. The van der Waals surface area contributed by atoms with Gasteiger partial charge in [-0.2, -0.15) is 13.2 Å². The summed E-state index contributed by atoms with van der Waals surface area (Å²) in [4.78, 5) is 0. The summed E-state index contributed by atoms with van der Waals surface area (Å²) in [7, 11) is 0. The second-order valence-electron chi connectivity index (χ2n) is 4.66. The van der Waals surface area contributed by atoms with E-state index in [0.717, 1.165) is 0 Å². The van der Waals surface area contributed by atoms with Crippen LogP contribution >= 0.6 is 0 Å². The van der Waals surface area contributed by atoms with Gasteiger partial charge in [-0.15, -0.1) is 0 Å². The molecule has 0 aromatic carbocycles. The predicted octanol–water partition coefficient (Wildman–Crippen LogP) is 2.12. The minimum absolute atomic E-state index is 0.0286. The average molecular weight is 224 g/mol. The Morgan fingerprint density at radius 1 is 1.20 bits per heavy atom. The molecule has 0 amide bonds. The molecule has 5 heteroatoms. The molecule has 0 aromatic heterocycles. The Balaban J connectivity index is 2.07. The van der Waals surface area contributed by atoms with E-state index in [9.17, 15) is 18.3 Å². The summed E-state index contributed by atoms with van der Waals surface area (Å²) in [5.41, 5.74) is -2.45. The topological polar surface area (TPSA) is 29.5 Å². The minimum Gasteiger partial charge on any atom is -0.381 e. The van der Waals surface area contributed by atoms with E-state index in [1.807, 2.05) is 0 Å². The lowest BCUT2D eigenvalue weighted by molar-refractivity contribution is -0.281. The van der Waals surface area contributed by atoms with Gasteiger partial charge in [-0.1, -0.05) is 0 Å². The molecular weight excluding hydrogens is 209 g/mol. The molecule has 1 saturated carbocycles. The molecule has 3 atom stereocenters. The number of alkyl halides is 3. The number of fused-ring (bicyclic) bond motifs is 1. The van der Waals surface area contributed by atoms with Gasteiger partial charge in [0.2, 0.25) is 0 Å². The van der Waals surface area contributed by atoms with Crippen LogP contribution in [0.15, 0.2) is 0 Å².